The topological polar surface area (TPSA) is 142 Å². The van der Waals surface area contributed by atoms with Crippen LogP contribution in [-0.2, 0) is 23.9 Å². The van der Waals surface area contributed by atoms with Crippen LogP contribution in [-0.4, -0.2) is 59.3 Å². The molecule has 0 aromatic heterocycles. The second-order valence-electron chi connectivity index (χ2n) is 16.9. The molecule has 0 spiro atoms. The number of ether oxygens (including phenoxy) is 1. The Hall–Kier alpha value is -2.16. The molecule has 9 heteroatoms. The monoisotopic (exact) mass is 809 g/mol. The van der Waals surface area contributed by atoms with Crippen molar-refractivity contribution in [1.29, 1.82) is 0 Å². The molecule has 0 rings (SSSR count). The summed E-state index contributed by atoms with van der Waals surface area (Å²) in [5.74, 6) is -2.27. The first-order valence-electron chi connectivity index (χ1n) is 24.4. The number of aliphatic hydroxyl groups is 1. The summed E-state index contributed by atoms with van der Waals surface area (Å²) in [6.07, 6.45) is 45.8. The third kappa shape index (κ3) is 40.4. The highest BCUT2D eigenvalue weighted by Crippen LogP contribution is 2.19. The zero-order valence-corrected chi connectivity index (χ0v) is 37.4. The van der Waals surface area contributed by atoms with E-state index < -0.39 is 24.5 Å². The summed E-state index contributed by atoms with van der Waals surface area (Å²) in [4.78, 5) is 47.6. The number of carbonyl (C=O) groups is 4. The molecular formula is C48H92N2O7. The zero-order valence-electron chi connectivity index (χ0n) is 37.4. The minimum Gasteiger partial charge on any atom is -0.480 e. The highest BCUT2D eigenvalue weighted by atomic mass is 16.5. The van der Waals surface area contributed by atoms with Gasteiger partial charge in [-0.1, -0.05) is 206 Å². The zero-order chi connectivity index (χ0) is 41.9. The van der Waals surface area contributed by atoms with E-state index >= 15 is 0 Å². The van der Waals surface area contributed by atoms with Gasteiger partial charge in [-0.05, 0) is 38.5 Å². The number of esters is 1. The number of nitrogens with one attached hydrogen (secondary N) is 2. The van der Waals surface area contributed by atoms with Crippen LogP contribution in [0.2, 0.25) is 0 Å². The lowest BCUT2D eigenvalue weighted by molar-refractivity contribution is -0.150. The van der Waals surface area contributed by atoms with Gasteiger partial charge in [-0.3, -0.25) is 14.4 Å². The summed E-state index contributed by atoms with van der Waals surface area (Å²) in [5.41, 5.74) is 0. The molecule has 0 aliphatic carbocycles. The molecule has 57 heavy (non-hydrogen) atoms. The molecule has 2 amide bonds. The lowest BCUT2D eigenvalue weighted by atomic mass is 10.0. The molecule has 0 heterocycles. The van der Waals surface area contributed by atoms with Gasteiger partial charge < -0.3 is 25.6 Å². The van der Waals surface area contributed by atoms with Gasteiger partial charge in [0.2, 0.25) is 11.8 Å². The van der Waals surface area contributed by atoms with Gasteiger partial charge in [0, 0.05) is 12.8 Å². The van der Waals surface area contributed by atoms with Gasteiger partial charge in [-0.25, -0.2) is 4.79 Å². The molecule has 0 radical (unpaired) electrons. The SMILES string of the molecule is CCCCCCCCCCCCCCCCCCCCCCCC(=O)OC(CCCCCCCCCC)CCCCCCCC(=O)NCC(=O)NC(CO)C(=O)O. The molecule has 4 N–H and O–H groups in total. The summed E-state index contributed by atoms with van der Waals surface area (Å²) in [6.45, 7) is 3.51. The first-order valence-corrected chi connectivity index (χ1v) is 24.4. The van der Waals surface area contributed by atoms with Gasteiger partial charge in [-0.15, -0.1) is 0 Å². The molecule has 0 saturated heterocycles. The van der Waals surface area contributed by atoms with E-state index in [1.165, 1.54) is 167 Å². The first-order chi connectivity index (χ1) is 27.8. The van der Waals surface area contributed by atoms with Crippen LogP contribution in [0.1, 0.15) is 258 Å². The van der Waals surface area contributed by atoms with Crippen LogP contribution in [0.3, 0.4) is 0 Å². The highest BCUT2D eigenvalue weighted by molar-refractivity contribution is 5.87. The third-order valence-corrected chi connectivity index (χ3v) is 11.4. The maximum atomic E-state index is 12.8. The van der Waals surface area contributed by atoms with E-state index in [0.717, 1.165) is 57.8 Å². The van der Waals surface area contributed by atoms with E-state index in [-0.39, 0.29) is 24.5 Å². The van der Waals surface area contributed by atoms with Gasteiger partial charge >= 0.3 is 11.9 Å². The number of hydrogen-bond acceptors (Lipinski definition) is 6. The Morgan fingerprint density at radius 3 is 1.14 bits per heavy atom. The summed E-state index contributed by atoms with van der Waals surface area (Å²) in [7, 11) is 0. The highest BCUT2D eigenvalue weighted by Gasteiger charge is 2.19. The third-order valence-electron chi connectivity index (χ3n) is 11.4. The van der Waals surface area contributed by atoms with Crippen molar-refractivity contribution in [1.82, 2.24) is 10.6 Å². The van der Waals surface area contributed by atoms with Crippen LogP contribution in [0, 0.1) is 0 Å². The number of aliphatic carboxylic acids is 1. The number of hydrogen-bond donors (Lipinski definition) is 4. The van der Waals surface area contributed by atoms with Crippen molar-refractivity contribution in [3.63, 3.8) is 0 Å². The molecule has 0 aromatic carbocycles. The van der Waals surface area contributed by atoms with Crippen molar-refractivity contribution < 1.29 is 34.1 Å². The first kappa shape index (κ1) is 54.8. The molecule has 9 nitrogen and oxygen atoms in total. The van der Waals surface area contributed by atoms with E-state index in [2.05, 4.69) is 24.5 Å². The number of unbranched alkanes of at least 4 members (excludes halogenated alkanes) is 31. The van der Waals surface area contributed by atoms with Crippen LogP contribution in [0.5, 0.6) is 0 Å². The summed E-state index contributed by atoms with van der Waals surface area (Å²) in [5, 5.41) is 22.6. The van der Waals surface area contributed by atoms with Crippen molar-refractivity contribution in [2.24, 2.45) is 0 Å². The van der Waals surface area contributed by atoms with Crippen LogP contribution in [0.4, 0.5) is 0 Å². The molecule has 0 bridgehead atoms. The van der Waals surface area contributed by atoms with Gasteiger partial charge in [0.1, 0.15) is 12.1 Å². The Kier molecular flexibility index (Phi) is 41.8. The fourth-order valence-electron chi connectivity index (χ4n) is 7.60. The van der Waals surface area contributed by atoms with Crippen LogP contribution < -0.4 is 10.6 Å². The minimum absolute atomic E-state index is 0.00372. The summed E-state index contributed by atoms with van der Waals surface area (Å²) >= 11 is 0. The number of carboxylic acid groups (broad SMARTS) is 1. The summed E-state index contributed by atoms with van der Waals surface area (Å²) in [6, 6.07) is -1.38. The van der Waals surface area contributed by atoms with Crippen molar-refractivity contribution in [3.8, 4) is 0 Å². The van der Waals surface area contributed by atoms with Crippen molar-refractivity contribution in [2.45, 2.75) is 270 Å². The number of rotatable bonds is 45. The molecule has 336 valence electrons. The lowest BCUT2D eigenvalue weighted by Gasteiger charge is -2.18. The lowest BCUT2D eigenvalue weighted by Crippen LogP contribution is -2.47. The van der Waals surface area contributed by atoms with Gasteiger partial charge in [0.25, 0.3) is 0 Å². The molecule has 2 atom stereocenters. The molecule has 0 aliphatic rings. The number of carbonyl (C=O) groups excluding carboxylic acids is 3. The molecule has 2 unspecified atom stereocenters. The van der Waals surface area contributed by atoms with E-state index in [1.807, 2.05) is 0 Å². The predicted molar refractivity (Wildman–Crippen MR) is 236 cm³/mol. The van der Waals surface area contributed by atoms with E-state index in [4.69, 9.17) is 14.9 Å². The number of carboxylic acids is 1. The summed E-state index contributed by atoms with van der Waals surface area (Å²) < 4.78 is 6.03. The maximum Gasteiger partial charge on any atom is 0.328 e. The smallest absolute Gasteiger partial charge is 0.328 e. The Morgan fingerprint density at radius 2 is 0.789 bits per heavy atom. The fourth-order valence-corrected chi connectivity index (χ4v) is 7.60. The van der Waals surface area contributed by atoms with E-state index in [1.54, 1.807) is 0 Å². The minimum atomic E-state index is -1.38. The fraction of sp³-hybridized carbons (Fsp3) is 0.917. The van der Waals surface area contributed by atoms with Gasteiger partial charge in [0.05, 0.1) is 13.2 Å². The van der Waals surface area contributed by atoms with Crippen molar-refractivity contribution >= 4 is 23.8 Å². The Balaban J connectivity index is 4.04. The van der Waals surface area contributed by atoms with Gasteiger partial charge in [0.15, 0.2) is 0 Å². The van der Waals surface area contributed by atoms with E-state index in [9.17, 15) is 19.2 Å². The standard InChI is InChI=1S/C48H92N2O7/c1-3-5-7-9-11-13-14-15-16-17-18-19-20-21-22-23-24-25-27-32-36-40-47(54)57-43(37-33-29-26-12-10-8-6-4-2)38-34-30-28-31-35-39-45(52)49-41-46(53)50-44(42-51)48(55)56/h43-44,51H,3-42H2,1-2H3,(H,49,52)(H,50,53)(H,55,56). The van der Waals surface area contributed by atoms with Crippen LogP contribution in [0.25, 0.3) is 0 Å². The Labute approximate surface area is 350 Å². The average Bonchev–Trinajstić information content (AvgIpc) is 3.20. The Bertz CT molecular complexity index is 930. The van der Waals surface area contributed by atoms with Gasteiger partial charge in [-0.2, -0.15) is 0 Å². The normalized spacial score (nSPS) is 12.3. The molecular weight excluding hydrogens is 717 g/mol. The second-order valence-corrected chi connectivity index (χ2v) is 16.9. The maximum absolute atomic E-state index is 12.8. The van der Waals surface area contributed by atoms with Crippen LogP contribution >= 0.6 is 0 Å². The predicted octanol–water partition coefficient (Wildman–Crippen LogP) is 12.4. The molecule has 0 aliphatic heterocycles. The quantitative estimate of drug-likeness (QED) is 0.0354. The van der Waals surface area contributed by atoms with Crippen molar-refractivity contribution in [2.75, 3.05) is 13.2 Å². The number of amides is 2. The average molecular weight is 809 g/mol. The largest absolute Gasteiger partial charge is 0.480 e. The molecule has 0 aromatic rings. The second kappa shape index (κ2) is 43.4. The Morgan fingerprint density at radius 1 is 0.456 bits per heavy atom. The number of aliphatic hydroxyl groups excluding tert-OH is 1. The van der Waals surface area contributed by atoms with Crippen molar-refractivity contribution in [3.05, 3.63) is 0 Å². The van der Waals surface area contributed by atoms with E-state index in [0.29, 0.717) is 19.3 Å². The molecule has 0 saturated carbocycles. The van der Waals surface area contributed by atoms with Crippen LogP contribution in [0.15, 0.2) is 0 Å². The molecule has 0 fully saturated rings.